The van der Waals surface area contributed by atoms with Gasteiger partial charge in [-0.2, -0.15) is 0 Å². The Hall–Kier alpha value is -1.60. The molecule has 0 aliphatic carbocycles. The van der Waals surface area contributed by atoms with Gasteiger partial charge in [-0.3, -0.25) is 0 Å². The Balaban J connectivity index is 5.05. The molecule has 0 aromatic rings. The topological polar surface area (TPSA) is 9.23 Å². The Bertz CT molecular complexity index is 530. The molecule has 0 aliphatic rings. The summed E-state index contributed by atoms with van der Waals surface area (Å²) in [6, 6.07) is 0. The van der Waals surface area contributed by atoms with Gasteiger partial charge in [-0.1, -0.05) is 96.2 Å². The summed E-state index contributed by atoms with van der Waals surface area (Å²) in [5.41, 5.74) is 5.04. The second kappa shape index (κ2) is 12.7. The zero-order valence-corrected chi connectivity index (χ0v) is 17.2. The van der Waals surface area contributed by atoms with Crippen LogP contribution in [0.3, 0.4) is 0 Å². The molecule has 0 bridgehead atoms. The molecule has 0 aliphatic heterocycles. The van der Waals surface area contributed by atoms with Gasteiger partial charge in [-0.15, -0.1) is 0 Å². The third-order valence-corrected chi connectivity index (χ3v) is 4.83. The summed E-state index contributed by atoms with van der Waals surface area (Å²) in [5.74, 6) is 1.22. The molecular weight excluding hydrogens is 304 g/mol. The SMILES string of the molecule is C=C(/C=C\C(=C)C(=C)/C(=C\C(=C)C(C)CCC(C)CC)COC)CC. The van der Waals surface area contributed by atoms with E-state index in [9.17, 15) is 0 Å². The van der Waals surface area contributed by atoms with Crippen molar-refractivity contribution in [1.82, 2.24) is 0 Å². The fraction of sp³-hybridized carbons (Fsp3) is 0.500. The second-order valence-corrected chi connectivity index (χ2v) is 7.02. The molecule has 0 saturated carbocycles. The first-order valence-electron chi connectivity index (χ1n) is 9.39. The molecule has 0 aromatic heterocycles. The lowest BCUT2D eigenvalue weighted by Gasteiger charge is -2.17. The van der Waals surface area contributed by atoms with Crippen LogP contribution in [0.15, 0.2) is 72.4 Å². The third kappa shape index (κ3) is 9.45. The van der Waals surface area contributed by atoms with E-state index in [1.165, 1.54) is 12.8 Å². The first-order chi connectivity index (χ1) is 11.8. The van der Waals surface area contributed by atoms with Crippen molar-refractivity contribution in [3.63, 3.8) is 0 Å². The van der Waals surface area contributed by atoms with E-state index in [1.807, 2.05) is 12.2 Å². The minimum Gasteiger partial charge on any atom is -0.380 e. The summed E-state index contributed by atoms with van der Waals surface area (Å²) in [7, 11) is 1.70. The molecule has 25 heavy (non-hydrogen) atoms. The number of hydrogen-bond donors (Lipinski definition) is 0. The summed E-state index contributed by atoms with van der Waals surface area (Å²) < 4.78 is 5.37. The van der Waals surface area contributed by atoms with Gasteiger partial charge >= 0.3 is 0 Å². The number of hydrogen-bond acceptors (Lipinski definition) is 1. The average Bonchev–Trinajstić information content (AvgIpc) is 2.61. The second-order valence-electron chi connectivity index (χ2n) is 7.02. The molecule has 0 amide bonds. The van der Waals surface area contributed by atoms with Gasteiger partial charge in [-0.05, 0) is 41.4 Å². The van der Waals surface area contributed by atoms with Crippen LogP contribution in [-0.4, -0.2) is 13.7 Å². The van der Waals surface area contributed by atoms with Crippen molar-refractivity contribution in [1.29, 1.82) is 0 Å². The summed E-state index contributed by atoms with van der Waals surface area (Å²) in [6.45, 7) is 26.0. The van der Waals surface area contributed by atoms with Gasteiger partial charge in [0.2, 0.25) is 0 Å². The number of rotatable bonds is 13. The van der Waals surface area contributed by atoms with Crippen LogP contribution >= 0.6 is 0 Å². The quantitative estimate of drug-likeness (QED) is 0.321. The lowest BCUT2D eigenvalue weighted by molar-refractivity contribution is 0.227. The zero-order chi connectivity index (χ0) is 19.4. The summed E-state index contributed by atoms with van der Waals surface area (Å²) in [5, 5.41) is 0. The van der Waals surface area contributed by atoms with Crippen molar-refractivity contribution in [3.05, 3.63) is 72.4 Å². The number of allylic oxidation sites excluding steroid dienone is 6. The van der Waals surface area contributed by atoms with Gasteiger partial charge in [0.1, 0.15) is 0 Å². The smallest absolute Gasteiger partial charge is 0.0718 e. The van der Waals surface area contributed by atoms with E-state index in [0.717, 1.165) is 46.6 Å². The van der Waals surface area contributed by atoms with Crippen LogP contribution in [0.1, 0.15) is 53.4 Å². The Morgan fingerprint density at radius 3 is 2.16 bits per heavy atom. The molecule has 0 spiro atoms. The molecule has 0 N–H and O–H groups in total. The maximum atomic E-state index is 5.37. The van der Waals surface area contributed by atoms with Gasteiger partial charge in [0.15, 0.2) is 0 Å². The predicted octanol–water partition coefficient (Wildman–Crippen LogP) is 7.21. The minimum atomic E-state index is 0.456. The van der Waals surface area contributed by atoms with Crippen molar-refractivity contribution in [2.45, 2.75) is 53.4 Å². The molecule has 0 saturated heterocycles. The van der Waals surface area contributed by atoms with Gasteiger partial charge in [0.25, 0.3) is 0 Å². The van der Waals surface area contributed by atoms with Gasteiger partial charge in [0.05, 0.1) is 6.61 Å². The lowest BCUT2D eigenvalue weighted by atomic mass is 9.89. The minimum absolute atomic E-state index is 0.456. The zero-order valence-electron chi connectivity index (χ0n) is 17.2. The fourth-order valence-electron chi connectivity index (χ4n) is 2.30. The van der Waals surface area contributed by atoms with E-state index < -0.39 is 0 Å². The molecule has 1 heteroatoms. The van der Waals surface area contributed by atoms with E-state index in [-0.39, 0.29) is 0 Å². The van der Waals surface area contributed by atoms with Crippen LogP contribution in [0.25, 0.3) is 0 Å². The van der Waals surface area contributed by atoms with Crippen molar-refractivity contribution in [2.75, 3.05) is 13.7 Å². The molecule has 0 rings (SSSR count). The number of methoxy groups -OCH3 is 1. The van der Waals surface area contributed by atoms with Crippen LogP contribution in [0.5, 0.6) is 0 Å². The predicted molar refractivity (Wildman–Crippen MR) is 114 cm³/mol. The summed E-state index contributed by atoms with van der Waals surface area (Å²) in [6.07, 6.45) is 10.7. The average molecular weight is 343 g/mol. The molecule has 2 unspecified atom stereocenters. The molecule has 0 heterocycles. The van der Waals surface area contributed by atoms with E-state index in [0.29, 0.717) is 12.5 Å². The van der Waals surface area contributed by atoms with E-state index >= 15 is 0 Å². The Labute approximate surface area is 156 Å². The normalized spacial score (nSPS) is 14.4. The standard InChI is InChI=1S/C24H38O/c1-10-18(3)12-14-20(5)22(7)16-24(17-25-9)23(8)21(6)15-13-19(4)11-2/h13,15-16,18,20H,4,6-8,10-12,14,17H2,1-3,5,9H3/b15-13-,24-16-. The van der Waals surface area contributed by atoms with Crippen LogP contribution in [0.2, 0.25) is 0 Å². The van der Waals surface area contributed by atoms with Gasteiger partial charge in [-0.25, -0.2) is 0 Å². The molecule has 140 valence electrons. The molecule has 1 nitrogen and oxygen atoms in total. The molecular formula is C24H38O. The highest BCUT2D eigenvalue weighted by Crippen LogP contribution is 2.25. The Kier molecular flexibility index (Phi) is 11.9. The summed E-state index contributed by atoms with van der Waals surface area (Å²) >= 11 is 0. The molecule has 0 aromatic carbocycles. The van der Waals surface area contributed by atoms with E-state index in [2.05, 4.69) is 60.1 Å². The lowest BCUT2D eigenvalue weighted by Crippen LogP contribution is -2.04. The van der Waals surface area contributed by atoms with Crippen LogP contribution in [0, 0.1) is 11.8 Å². The highest BCUT2D eigenvalue weighted by atomic mass is 16.5. The van der Waals surface area contributed by atoms with Crippen molar-refractivity contribution in [3.8, 4) is 0 Å². The largest absolute Gasteiger partial charge is 0.380 e. The van der Waals surface area contributed by atoms with Gasteiger partial charge in [0, 0.05) is 7.11 Å². The van der Waals surface area contributed by atoms with Crippen molar-refractivity contribution < 1.29 is 4.74 Å². The maximum Gasteiger partial charge on any atom is 0.0718 e. The van der Waals surface area contributed by atoms with Crippen LogP contribution in [-0.2, 0) is 4.74 Å². The van der Waals surface area contributed by atoms with Crippen molar-refractivity contribution >= 4 is 0 Å². The highest BCUT2D eigenvalue weighted by molar-refractivity contribution is 5.51. The molecule has 2 atom stereocenters. The van der Waals surface area contributed by atoms with Crippen molar-refractivity contribution in [2.24, 2.45) is 11.8 Å². The molecule has 0 fully saturated rings. The summed E-state index contributed by atoms with van der Waals surface area (Å²) in [4.78, 5) is 0. The molecule has 0 radical (unpaired) electrons. The Morgan fingerprint density at radius 2 is 1.64 bits per heavy atom. The van der Waals surface area contributed by atoms with Gasteiger partial charge < -0.3 is 4.74 Å². The van der Waals surface area contributed by atoms with E-state index in [4.69, 9.17) is 4.74 Å². The highest BCUT2D eigenvalue weighted by Gasteiger charge is 2.11. The number of ether oxygens (including phenoxy) is 1. The fourth-order valence-corrected chi connectivity index (χ4v) is 2.30. The van der Waals surface area contributed by atoms with Crippen LogP contribution < -0.4 is 0 Å². The third-order valence-electron chi connectivity index (χ3n) is 4.83. The Morgan fingerprint density at radius 1 is 1.00 bits per heavy atom. The first kappa shape index (κ1) is 23.4. The maximum absolute atomic E-state index is 5.37. The van der Waals surface area contributed by atoms with E-state index in [1.54, 1.807) is 7.11 Å². The van der Waals surface area contributed by atoms with Crippen LogP contribution in [0.4, 0.5) is 0 Å². The first-order valence-corrected chi connectivity index (χ1v) is 9.39. The monoisotopic (exact) mass is 342 g/mol.